The highest BCUT2D eigenvalue weighted by Gasteiger charge is 2.56. The molecule has 1 aliphatic heterocycles. The molecule has 4 atom stereocenters. The highest BCUT2D eigenvalue weighted by molar-refractivity contribution is 5.76. The van der Waals surface area contributed by atoms with Crippen molar-refractivity contribution in [3.63, 3.8) is 0 Å². The zero-order valence-corrected chi connectivity index (χ0v) is 19.4. The van der Waals surface area contributed by atoms with E-state index in [0.717, 1.165) is 63.3 Å². The number of rotatable bonds is 7. The largest absolute Gasteiger partial charge is 0.495 e. The molecule has 6 rings (SSSR count). The zero-order chi connectivity index (χ0) is 21.5. The van der Waals surface area contributed by atoms with Crippen LogP contribution in [0.25, 0.3) is 0 Å². The molecule has 1 amide bonds. The van der Waals surface area contributed by atoms with E-state index in [4.69, 9.17) is 4.74 Å². The average Bonchev–Trinajstić information content (AvgIpc) is 2.72. The van der Waals surface area contributed by atoms with Crippen LogP contribution in [0.2, 0.25) is 0 Å². The van der Waals surface area contributed by atoms with Crippen LogP contribution >= 0.6 is 0 Å². The first-order valence-corrected chi connectivity index (χ1v) is 12.3. The molecule has 170 valence electrons. The molecule has 1 aromatic rings. The number of amides is 1. The molecule has 5 fully saturated rings. The summed E-state index contributed by atoms with van der Waals surface area (Å²) in [5.41, 5.74) is 2.01. The molecule has 5 aliphatic rings. The van der Waals surface area contributed by atoms with Gasteiger partial charge in [-0.15, -0.1) is 0 Å². The fraction of sp³-hybridized carbons (Fsp3) is 0.731. The number of ether oxygens (including phenoxy) is 1. The van der Waals surface area contributed by atoms with E-state index >= 15 is 0 Å². The van der Waals surface area contributed by atoms with Gasteiger partial charge in [-0.25, -0.2) is 0 Å². The van der Waals surface area contributed by atoms with Gasteiger partial charge in [-0.05, 0) is 73.3 Å². The third kappa shape index (κ3) is 4.44. The first kappa shape index (κ1) is 21.1. The standard InChI is InChI=1S/C26H39N3O2/c1-25-14-20-13-21(15-25)17-26(16-20,19-25)18-24(30)27-7-8-28-9-11-29(12-10-28)22-5-3-4-6-23(22)31-2/h3-6,20-21H,7-19H2,1-2H3,(H,27,30)/t20-,21+,25?,26?. The van der Waals surface area contributed by atoms with Crippen molar-refractivity contribution in [3.05, 3.63) is 24.3 Å². The topological polar surface area (TPSA) is 44.8 Å². The molecule has 0 spiro atoms. The smallest absolute Gasteiger partial charge is 0.220 e. The van der Waals surface area contributed by atoms with Crippen LogP contribution in [0.5, 0.6) is 5.75 Å². The van der Waals surface area contributed by atoms with Gasteiger partial charge in [-0.1, -0.05) is 19.1 Å². The molecular weight excluding hydrogens is 386 g/mol. The maximum atomic E-state index is 12.8. The van der Waals surface area contributed by atoms with Crippen molar-refractivity contribution in [2.24, 2.45) is 22.7 Å². The summed E-state index contributed by atoms with van der Waals surface area (Å²) in [5, 5.41) is 3.26. The number of carbonyl (C=O) groups excluding carboxylic acids is 1. The lowest BCUT2D eigenvalue weighted by Gasteiger charge is -2.61. The Morgan fingerprint density at radius 2 is 1.81 bits per heavy atom. The maximum Gasteiger partial charge on any atom is 0.220 e. The van der Waals surface area contributed by atoms with Crippen LogP contribution in [0.1, 0.15) is 51.9 Å². The number of hydrogen-bond acceptors (Lipinski definition) is 4. The lowest BCUT2D eigenvalue weighted by molar-refractivity contribution is -0.136. The van der Waals surface area contributed by atoms with Crippen LogP contribution in [0.3, 0.4) is 0 Å². The average molecular weight is 426 g/mol. The van der Waals surface area contributed by atoms with Crippen LogP contribution in [0.15, 0.2) is 24.3 Å². The first-order valence-electron chi connectivity index (χ1n) is 12.3. The normalized spacial score (nSPS) is 34.7. The summed E-state index contributed by atoms with van der Waals surface area (Å²) in [7, 11) is 1.74. The van der Waals surface area contributed by atoms with E-state index in [1.54, 1.807) is 7.11 Å². The highest BCUT2D eigenvalue weighted by Crippen LogP contribution is 2.66. The summed E-state index contributed by atoms with van der Waals surface area (Å²) >= 11 is 0. The van der Waals surface area contributed by atoms with Crippen molar-refractivity contribution < 1.29 is 9.53 Å². The molecule has 31 heavy (non-hydrogen) atoms. The SMILES string of the molecule is COc1ccccc1N1CCN(CCNC(=O)CC23C[C@@H]4C[C@@H](CC(C)(C4)C2)C3)CC1. The lowest BCUT2D eigenvalue weighted by atomic mass is 9.44. The van der Waals surface area contributed by atoms with Crippen molar-refractivity contribution in [3.8, 4) is 5.75 Å². The predicted molar refractivity (Wildman–Crippen MR) is 124 cm³/mol. The molecule has 0 radical (unpaired) electrons. The summed E-state index contributed by atoms with van der Waals surface area (Å²) in [5.74, 6) is 3.01. The van der Waals surface area contributed by atoms with Gasteiger partial charge in [-0.3, -0.25) is 9.69 Å². The fourth-order valence-corrected chi connectivity index (χ4v) is 8.00. The first-order chi connectivity index (χ1) is 15.0. The van der Waals surface area contributed by atoms with Gasteiger partial charge in [-0.2, -0.15) is 0 Å². The van der Waals surface area contributed by atoms with Gasteiger partial charge in [0.2, 0.25) is 5.91 Å². The van der Waals surface area contributed by atoms with Gasteiger partial charge in [0.15, 0.2) is 0 Å². The molecule has 0 aromatic heterocycles. The molecule has 4 saturated carbocycles. The van der Waals surface area contributed by atoms with E-state index in [9.17, 15) is 4.79 Å². The number of methoxy groups -OCH3 is 1. The van der Waals surface area contributed by atoms with Gasteiger partial charge < -0.3 is 15.0 Å². The summed E-state index contributed by atoms with van der Waals surface area (Å²) < 4.78 is 5.52. The molecule has 1 heterocycles. The molecular formula is C26H39N3O2. The second kappa shape index (κ2) is 8.31. The van der Waals surface area contributed by atoms with Crippen LogP contribution in [-0.2, 0) is 4.79 Å². The Hall–Kier alpha value is -1.75. The molecule has 2 unspecified atom stereocenters. The van der Waals surface area contributed by atoms with Gasteiger partial charge >= 0.3 is 0 Å². The van der Waals surface area contributed by atoms with Crippen molar-refractivity contribution in [1.29, 1.82) is 0 Å². The van der Waals surface area contributed by atoms with Crippen molar-refractivity contribution >= 4 is 11.6 Å². The number of piperazine rings is 1. The number of carbonyl (C=O) groups is 1. The number of benzene rings is 1. The van der Waals surface area contributed by atoms with Gasteiger partial charge in [0.05, 0.1) is 12.8 Å². The van der Waals surface area contributed by atoms with Crippen LogP contribution in [-0.4, -0.2) is 57.2 Å². The molecule has 4 bridgehead atoms. The summed E-state index contributed by atoms with van der Waals surface area (Å²) in [6, 6.07) is 8.26. The van der Waals surface area contributed by atoms with Gasteiger partial charge in [0.25, 0.3) is 0 Å². The van der Waals surface area contributed by atoms with Gasteiger partial charge in [0.1, 0.15) is 5.75 Å². The molecule has 1 saturated heterocycles. The number of hydrogen-bond donors (Lipinski definition) is 1. The Bertz CT molecular complexity index is 788. The monoisotopic (exact) mass is 425 g/mol. The Balaban J connectivity index is 1.06. The second-order valence-corrected chi connectivity index (χ2v) is 11.3. The van der Waals surface area contributed by atoms with E-state index in [1.807, 2.05) is 12.1 Å². The van der Waals surface area contributed by atoms with E-state index in [2.05, 4.69) is 34.2 Å². The molecule has 5 heteroatoms. The number of anilines is 1. The van der Waals surface area contributed by atoms with E-state index in [0.29, 0.717) is 16.7 Å². The molecule has 4 aliphatic carbocycles. The third-order valence-electron chi connectivity index (χ3n) is 8.56. The summed E-state index contributed by atoms with van der Waals surface area (Å²) in [6.07, 6.45) is 8.90. The Morgan fingerprint density at radius 1 is 1.10 bits per heavy atom. The van der Waals surface area contributed by atoms with Crippen LogP contribution in [0, 0.1) is 22.7 Å². The Labute approximate surface area is 187 Å². The highest BCUT2D eigenvalue weighted by atomic mass is 16.5. The minimum Gasteiger partial charge on any atom is -0.495 e. The van der Waals surface area contributed by atoms with Crippen molar-refractivity contribution in [2.45, 2.75) is 51.9 Å². The minimum atomic E-state index is 0.290. The van der Waals surface area contributed by atoms with E-state index in [1.165, 1.54) is 44.2 Å². The van der Waals surface area contributed by atoms with Crippen LogP contribution in [0.4, 0.5) is 5.69 Å². The second-order valence-electron chi connectivity index (χ2n) is 11.3. The Kier molecular flexibility index (Phi) is 5.66. The molecule has 1 N–H and O–H groups in total. The van der Waals surface area contributed by atoms with Gasteiger partial charge in [0, 0.05) is 45.7 Å². The quantitative estimate of drug-likeness (QED) is 0.719. The number of nitrogens with zero attached hydrogens (tertiary/aromatic N) is 2. The van der Waals surface area contributed by atoms with E-state index in [-0.39, 0.29) is 0 Å². The Morgan fingerprint density at radius 3 is 2.48 bits per heavy atom. The maximum absolute atomic E-state index is 12.8. The number of para-hydroxylation sites is 2. The van der Waals surface area contributed by atoms with Crippen LogP contribution < -0.4 is 15.0 Å². The number of nitrogens with one attached hydrogen (secondary N) is 1. The molecule has 1 aromatic carbocycles. The lowest BCUT2D eigenvalue weighted by Crippen LogP contribution is -2.52. The van der Waals surface area contributed by atoms with E-state index < -0.39 is 0 Å². The third-order valence-corrected chi connectivity index (χ3v) is 8.56. The zero-order valence-electron chi connectivity index (χ0n) is 19.4. The summed E-state index contributed by atoms with van der Waals surface area (Å²) in [4.78, 5) is 17.7. The van der Waals surface area contributed by atoms with Crippen molar-refractivity contribution in [1.82, 2.24) is 10.2 Å². The summed E-state index contributed by atoms with van der Waals surface area (Å²) in [6.45, 7) is 8.26. The fourth-order valence-electron chi connectivity index (χ4n) is 8.00. The van der Waals surface area contributed by atoms with Crippen molar-refractivity contribution in [2.75, 3.05) is 51.3 Å². The molecule has 5 nitrogen and oxygen atoms in total. The minimum absolute atomic E-state index is 0.290. The predicted octanol–water partition coefficient (Wildman–Crippen LogP) is 3.93.